The number of fused-ring (bicyclic) bond motifs is 1. The third-order valence-electron chi connectivity index (χ3n) is 5.01. The number of carbonyl (C=O) groups excluding carboxylic acids is 2. The van der Waals surface area contributed by atoms with Gasteiger partial charge in [0.15, 0.2) is 6.61 Å². The Kier molecular flexibility index (Phi) is 5.99. The van der Waals surface area contributed by atoms with Crippen LogP contribution >= 0.6 is 0 Å². The maximum Gasteiger partial charge on any atom is 0.310 e. The van der Waals surface area contributed by atoms with E-state index in [-0.39, 0.29) is 24.9 Å². The Balaban J connectivity index is 1.64. The standard InChI is InChI=1S/C22H26N2O4/c1-14-9-19(16(3)24(14)15(2)12-27-4)21(25)13-28-22(26)10-17-11-23-20-8-6-5-7-18(17)20/h5-9,11,15,23H,10,12-13H2,1-4H3/t15-/m0/s1. The summed E-state index contributed by atoms with van der Waals surface area (Å²) in [6.45, 7) is 6.20. The summed E-state index contributed by atoms with van der Waals surface area (Å²) in [5.74, 6) is -0.615. The van der Waals surface area contributed by atoms with Crippen molar-refractivity contribution in [3.8, 4) is 0 Å². The van der Waals surface area contributed by atoms with E-state index in [1.54, 1.807) is 13.3 Å². The zero-order valence-corrected chi connectivity index (χ0v) is 16.7. The van der Waals surface area contributed by atoms with E-state index in [9.17, 15) is 9.59 Å². The van der Waals surface area contributed by atoms with Gasteiger partial charge < -0.3 is 19.0 Å². The van der Waals surface area contributed by atoms with Gasteiger partial charge in [0.25, 0.3) is 0 Å². The summed E-state index contributed by atoms with van der Waals surface area (Å²) >= 11 is 0. The van der Waals surface area contributed by atoms with Crippen molar-refractivity contribution >= 4 is 22.7 Å². The zero-order chi connectivity index (χ0) is 20.3. The predicted molar refractivity (Wildman–Crippen MR) is 108 cm³/mol. The predicted octanol–water partition coefficient (Wildman–Crippen LogP) is 3.76. The number of methoxy groups -OCH3 is 1. The number of hydrogen-bond donors (Lipinski definition) is 1. The van der Waals surface area contributed by atoms with Crippen molar-refractivity contribution in [2.24, 2.45) is 0 Å². The Hall–Kier alpha value is -2.86. The van der Waals surface area contributed by atoms with Crippen molar-refractivity contribution in [1.82, 2.24) is 9.55 Å². The van der Waals surface area contributed by atoms with Crippen LogP contribution in [0.5, 0.6) is 0 Å². The van der Waals surface area contributed by atoms with E-state index < -0.39 is 5.97 Å². The molecule has 0 saturated carbocycles. The van der Waals surface area contributed by atoms with E-state index in [0.717, 1.165) is 27.9 Å². The van der Waals surface area contributed by atoms with Gasteiger partial charge in [-0.2, -0.15) is 0 Å². The lowest BCUT2D eigenvalue weighted by atomic mass is 10.1. The zero-order valence-electron chi connectivity index (χ0n) is 16.7. The number of rotatable bonds is 8. The van der Waals surface area contributed by atoms with Crippen LogP contribution in [0.3, 0.4) is 0 Å². The second kappa shape index (κ2) is 8.44. The number of benzene rings is 1. The lowest BCUT2D eigenvalue weighted by Crippen LogP contribution is -2.17. The molecule has 6 heteroatoms. The highest BCUT2D eigenvalue weighted by molar-refractivity contribution is 5.99. The first kappa shape index (κ1) is 19.9. The number of nitrogens with one attached hydrogen (secondary N) is 1. The van der Waals surface area contributed by atoms with Gasteiger partial charge in [-0.1, -0.05) is 18.2 Å². The minimum absolute atomic E-state index is 0.121. The molecule has 2 heterocycles. The Morgan fingerprint density at radius 3 is 2.71 bits per heavy atom. The van der Waals surface area contributed by atoms with E-state index in [1.165, 1.54) is 0 Å². The highest BCUT2D eigenvalue weighted by Crippen LogP contribution is 2.22. The molecular formula is C22H26N2O4. The van der Waals surface area contributed by atoms with Gasteiger partial charge in [-0.3, -0.25) is 9.59 Å². The van der Waals surface area contributed by atoms with Crippen LogP contribution in [0.15, 0.2) is 36.5 Å². The fourth-order valence-electron chi connectivity index (χ4n) is 3.76. The van der Waals surface area contributed by atoms with E-state index in [2.05, 4.69) is 9.55 Å². The summed E-state index contributed by atoms with van der Waals surface area (Å²) in [6, 6.07) is 9.73. The second-order valence-corrected chi connectivity index (χ2v) is 7.08. The van der Waals surface area contributed by atoms with Crippen LogP contribution in [0.1, 0.15) is 40.3 Å². The molecule has 0 unspecified atom stereocenters. The molecule has 0 aliphatic rings. The minimum atomic E-state index is -0.417. The van der Waals surface area contributed by atoms with Gasteiger partial charge >= 0.3 is 5.97 Å². The lowest BCUT2D eigenvalue weighted by molar-refractivity contribution is -0.141. The molecular weight excluding hydrogens is 356 g/mol. The molecule has 2 aromatic heterocycles. The summed E-state index contributed by atoms with van der Waals surface area (Å²) in [6.07, 6.45) is 1.93. The van der Waals surface area contributed by atoms with Crippen molar-refractivity contribution in [2.45, 2.75) is 33.2 Å². The first-order chi connectivity index (χ1) is 13.4. The minimum Gasteiger partial charge on any atom is -0.457 e. The number of hydrogen-bond acceptors (Lipinski definition) is 4. The van der Waals surface area contributed by atoms with Crippen molar-refractivity contribution in [3.05, 3.63) is 59.0 Å². The molecule has 0 aliphatic heterocycles. The smallest absolute Gasteiger partial charge is 0.310 e. The van der Waals surface area contributed by atoms with Crippen molar-refractivity contribution < 1.29 is 19.1 Å². The van der Waals surface area contributed by atoms with Gasteiger partial charge in [-0.25, -0.2) is 0 Å². The molecule has 3 aromatic rings. The van der Waals surface area contributed by atoms with Gasteiger partial charge in [-0.15, -0.1) is 0 Å². The number of nitrogens with zero attached hydrogens (tertiary/aromatic N) is 1. The highest BCUT2D eigenvalue weighted by atomic mass is 16.5. The van der Waals surface area contributed by atoms with Crippen LogP contribution in [0.25, 0.3) is 10.9 Å². The molecule has 1 atom stereocenters. The SMILES string of the molecule is COC[C@H](C)n1c(C)cc(C(=O)COC(=O)Cc2c[nH]c3ccccc23)c1C. The second-order valence-electron chi connectivity index (χ2n) is 7.08. The Labute approximate surface area is 164 Å². The summed E-state index contributed by atoms with van der Waals surface area (Å²) < 4.78 is 12.5. The first-order valence-electron chi connectivity index (χ1n) is 9.33. The number of esters is 1. The number of para-hydroxylation sites is 1. The molecule has 0 fully saturated rings. The molecule has 1 N–H and O–H groups in total. The van der Waals surface area contributed by atoms with E-state index in [0.29, 0.717) is 12.2 Å². The Morgan fingerprint density at radius 2 is 1.96 bits per heavy atom. The van der Waals surface area contributed by atoms with Crippen molar-refractivity contribution in [3.63, 3.8) is 0 Å². The van der Waals surface area contributed by atoms with E-state index in [4.69, 9.17) is 9.47 Å². The average Bonchev–Trinajstić information content (AvgIpc) is 3.20. The Morgan fingerprint density at radius 1 is 1.21 bits per heavy atom. The topological polar surface area (TPSA) is 73.3 Å². The van der Waals surface area contributed by atoms with Crippen LogP contribution in [-0.2, 0) is 20.7 Å². The quantitative estimate of drug-likeness (QED) is 0.475. The molecule has 0 bridgehead atoms. The van der Waals surface area contributed by atoms with E-state index >= 15 is 0 Å². The molecule has 0 radical (unpaired) electrons. The average molecular weight is 382 g/mol. The third-order valence-corrected chi connectivity index (χ3v) is 5.01. The Bertz CT molecular complexity index is 999. The lowest BCUT2D eigenvalue weighted by Gasteiger charge is -2.17. The number of aryl methyl sites for hydroxylation is 1. The number of ether oxygens (including phenoxy) is 2. The fourth-order valence-corrected chi connectivity index (χ4v) is 3.76. The van der Waals surface area contributed by atoms with Crippen LogP contribution in [-0.4, -0.2) is 41.6 Å². The first-order valence-corrected chi connectivity index (χ1v) is 9.33. The van der Waals surface area contributed by atoms with Gasteiger partial charge in [-0.05, 0) is 38.5 Å². The number of Topliss-reactive ketones (excluding diaryl/α,β-unsaturated/α-hetero) is 1. The van der Waals surface area contributed by atoms with Gasteiger partial charge in [0.2, 0.25) is 5.78 Å². The maximum absolute atomic E-state index is 12.6. The van der Waals surface area contributed by atoms with Crippen molar-refractivity contribution in [2.75, 3.05) is 20.3 Å². The number of ketones is 1. The summed E-state index contributed by atoms with van der Waals surface area (Å²) in [5, 5.41) is 0.987. The molecule has 0 amide bonds. The molecule has 28 heavy (non-hydrogen) atoms. The third kappa shape index (κ3) is 4.02. The highest BCUT2D eigenvalue weighted by Gasteiger charge is 2.20. The molecule has 3 rings (SSSR count). The van der Waals surface area contributed by atoms with Crippen LogP contribution in [0.4, 0.5) is 0 Å². The molecule has 148 valence electrons. The maximum atomic E-state index is 12.6. The van der Waals surface area contributed by atoms with Crippen molar-refractivity contribution in [1.29, 1.82) is 0 Å². The molecule has 0 spiro atoms. The largest absolute Gasteiger partial charge is 0.457 e. The summed E-state index contributed by atoms with van der Waals surface area (Å²) in [4.78, 5) is 28.0. The number of aromatic amines is 1. The fraction of sp³-hybridized carbons (Fsp3) is 0.364. The molecule has 6 nitrogen and oxygen atoms in total. The van der Waals surface area contributed by atoms with Gasteiger partial charge in [0, 0.05) is 41.2 Å². The molecule has 0 aliphatic carbocycles. The summed E-state index contributed by atoms with van der Waals surface area (Å²) in [7, 11) is 1.66. The van der Waals surface area contributed by atoms with Gasteiger partial charge in [0.05, 0.1) is 19.1 Å². The monoisotopic (exact) mass is 382 g/mol. The van der Waals surface area contributed by atoms with Gasteiger partial charge in [0.1, 0.15) is 0 Å². The number of carbonyl (C=O) groups is 2. The normalized spacial score (nSPS) is 12.3. The number of H-pyrrole nitrogens is 1. The molecule has 0 saturated heterocycles. The van der Waals surface area contributed by atoms with Crippen LogP contribution in [0, 0.1) is 13.8 Å². The summed E-state index contributed by atoms with van der Waals surface area (Å²) in [5.41, 5.74) is 4.26. The van der Waals surface area contributed by atoms with E-state index in [1.807, 2.05) is 51.1 Å². The van der Waals surface area contributed by atoms with Crippen LogP contribution in [0.2, 0.25) is 0 Å². The number of aromatic nitrogens is 2. The van der Waals surface area contributed by atoms with Crippen LogP contribution < -0.4 is 0 Å². The molecule has 1 aromatic carbocycles.